The molecule has 7 heteroatoms. The Balaban J connectivity index is 1.92. The fraction of sp³-hybridized carbons (Fsp3) is 0.381. The van der Waals surface area contributed by atoms with Gasteiger partial charge in [0.15, 0.2) is 0 Å². The Hall–Kier alpha value is -2.38. The van der Waals surface area contributed by atoms with Gasteiger partial charge in [0.05, 0.1) is 17.7 Å². The molecule has 2 aromatic rings. The van der Waals surface area contributed by atoms with Crippen molar-refractivity contribution in [3.05, 3.63) is 53.6 Å². The molecule has 0 aromatic heterocycles. The van der Waals surface area contributed by atoms with Crippen LogP contribution in [-0.2, 0) is 14.8 Å². The lowest BCUT2D eigenvalue weighted by Crippen LogP contribution is -2.29. The molecule has 0 radical (unpaired) electrons. The van der Waals surface area contributed by atoms with E-state index in [1.54, 1.807) is 11.0 Å². The average molecular weight is 403 g/mol. The summed E-state index contributed by atoms with van der Waals surface area (Å²) < 4.78 is 34.2. The maximum absolute atomic E-state index is 13.0. The van der Waals surface area contributed by atoms with Gasteiger partial charge in [0.2, 0.25) is 15.9 Å². The summed E-state index contributed by atoms with van der Waals surface area (Å²) in [6.07, 6.45) is 1.84. The second-order valence-electron chi connectivity index (χ2n) is 6.98. The van der Waals surface area contributed by atoms with Gasteiger partial charge in [-0.2, -0.15) is 0 Å². The summed E-state index contributed by atoms with van der Waals surface area (Å²) in [6.45, 7) is 4.50. The number of hydrogen-bond acceptors (Lipinski definition) is 4. The summed E-state index contributed by atoms with van der Waals surface area (Å²) in [5.41, 5.74) is 2.54. The van der Waals surface area contributed by atoms with Gasteiger partial charge in [-0.1, -0.05) is 36.8 Å². The molecule has 1 aliphatic heterocycles. The zero-order valence-electron chi connectivity index (χ0n) is 16.4. The van der Waals surface area contributed by atoms with E-state index in [0.29, 0.717) is 30.8 Å². The highest BCUT2D eigenvalue weighted by atomic mass is 32.2. The summed E-state index contributed by atoms with van der Waals surface area (Å²) in [6, 6.07) is 12.1. The third kappa shape index (κ3) is 4.20. The van der Waals surface area contributed by atoms with Crippen LogP contribution in [0.25, 0.3) is 0 Å². The van der Waals surface area contributed by atoms with Crippen molar-refractivity contribution >= 4 is 21.6 Å². The molecule has 1 aliphatic rings. The summed E-state index contributed by atoms with van der Waals surface area (Å²) in [7, 11) is -2.26. The fourth-order valence-electron chi connectivity index (χ4n) is 3.39. The number of nitrogens with zero attached hydrogens (tertiary/aromatic N) is 1. The first-order valence-corrected chi connectivity index (χ1v) is 10.9. The smallest absolute Gasteiger partial charge is 0.241 e. The molecule has 1 atom stereocenters. The summed E-state index contributed by atoms with van der Waals surface area (Å²) in [4.78, 5) is 13.9. The van der Waals surface area contributed by atoms with Crippen molar-refractivity contribution in [1.82, 2.24) is 4.72 Å². The highest BCUT2D eigenvalue weighted by Crippen LogP contribution is 2.34. The van der Waals surface area contributed by atoms with Gasteiger partial charge in [0, 0.05) is 19.0 Å². The number of aryl methyl sites for hydroxylation is 1. The first-order chi connectivity index (χ1) is 13.4. The Morgan fingerprint density at radius 3 is 2.46 bits per heavy atom. The molecule has 0 spiro atoms. The number of methoxy groups -OCH3 is 1. The number of sulfonamides is 1. The van der Waals surface area contributed by atoms with Crippen LogP contribution in [0.4, 0.5) is 5.69 Å². The molecular formula is C21H26N2O4S. The van der Waals surface area contributed by atoms with E-state index in [9.17, 15) is 13.2 Å². The largest absolute Gasteiger partial charge is 0.495 e. The van der Waals surface area contributed by atoms with E-state index in [2.05, 4.69) is 4.72 Å². The molecule has 1 heterocycles. The number of rotatable bonds is 7. The predicted molar refractivity (Wildman–Crippen MR) is 109 cm³/mol. The van der Waals surface area contributed by atoms with E-state index >= 15 is 0 Å². The van der Waals surface area contributed by atoms with Crippen LogP contribution in [-0.4, -0.2) is 28.0 Å². The van der Waals surface area contributed by atoms with E-state index in [1.807, 2.05) is 38.1 Å². The Kier molecular flexibility index (Phi) is 6.05. The molecule has 6 nitrogen and oxygen atoms in total. The van der Waals surface area contributed by atoms with Crippen molar-refractivity contribution in [3.8, 4) is 5.75 Å². The van der Waals surface area contributed by atoms with Gasteiger partial charge in [-0.25, -0.2) is 13.1 Å². The number of hydrogen-bond donors (Lipinski definition) is 1. The van der Waals surface area contributed by atoms with Crippen LogP contribution in [0.5, 0.6) is 5.75 Å². The lowest BCUT2D eigenvalue weighted by Gasteiger charge is -2.21. The zero-order chi connectivity index (χ0) is 20.3. The summed E-state index contributed by atoms with van der Waals surface area (Å²) in [5, 5.41) is 0. The van der Waals surface area contributed by atoms with Crippen molar-refractivity contribution in [1.29, 1.82) is 0 Å². The number of carbonyl (C=O) groups is 1. The summed E-state index contributed by atoms with van der Waals surface area (Å²) >= 11 is 0. The van der Waals surface area contributed by atoms with Crippen LogP contribution in [0.3, 0.4) is 0 Å². The van der Waals surface area contributed by atoms with E-state index in [0.717, 1.165) is 17.5 Å². The number of anilines is 1. The SMILES string of the molecule is CC[C@H](NS(=O)(=O)c1ccc(OC)c(N2CCCC2=O)c1)c1ccc(C)cc1. The van der Waals surface area contributed by atoms with Crippen molar-refractivity contribution in [3.63, 3.8) is 0 Å². The average Bonchev–Trinajstić information content (AvgIpc) is 3.12. The Morgan fingerprint density at radius 1 is 1.18 bits per heavy atom. The van der Waals surface area contributed by atoms with Crippen LogP contribution < -0.4 is 14.4 Å². The molecule has 3 rings (SSSR count). The van der Waals surface area contributed by atoms with Crippen LogP contribution in [0.2, 0.25) is 0 Å². The minimum absolute atomic E-state index is 0.0214. The molecule has 0 saturated carbocycles. The number of nitrogens with one attached hydrogen (secondary N) is 1. The Morgan fingerprint density at radius 2 is 1.89 bits per heavy atom. The highest BCUT2D eigenvalue weighted by Gasteiger charge is 2.27. The monoisotopic (exact) mass is 402 g/mol. The summed E-state index contributed by atoms with van der Waals surface area (Å²) in [5.74, 6) is 0.465. The van der Waals surface area contributed by atoms with E-state index in [1.165, 1.54) is 19.2 Å². The Bertz CT molecular complexity index is 955. The molecular weight excluding hydrogens is 376 g/mol. The predicted octanol–water partition coefficient (Wildman–Crippen LogP) is 3.56. The quantitative estimate of drug-likeness (QED) is 0.768. The van der Waals surface area contributed by atoms with Crippen LogP contribution in [0.1, 0.15) is 43.4 Å². The topological polar surface area (TPSA) is 75.7 Å². The third-order valence-corrected chi connectivity index (χ3v) is 6.48. The molecule has 1 N–H and O–H groups in total. The van der Waals surface area contributed by atoms with Crippen molar-refractivity contribution in [2.75, 3.05) is 18.6 Å². The molecule has 0 bridgehead atoms. The number of ether oxygens (including phenoxy) is 1. The van der Waals surface area contributed by atoms with Gasteiger partial charge in [-0.05, 0) is 43.5 Å². The van der Waals surface area contributed by atoms with Gasteiger partial charge in [0.1, 0.15) is 5.75 Å². The molecule has 1 saturated heterocycles. The van der Waals surface area contributed by atoms with Gasteiger partial charge in [0.25, 0.3) is 0 Å². The van der Waals surface area contributed by atoms with Crippen LogP contribution in [0.15, 0.2) is 47.4 Å². The third-order valence-electron chi connectivity index (χ3n) is 5.01. The normalized spacial score (nSPS) is 15.7. The van der Waals surface area contributed by atoms with Crippen LogP contribution >= 0.6 is 0 Å². The van der Waals surface area contributed by atoms with Gasteiger partial charge in [-0.15, -0.1) is 0 Å². The van der Waals surface area contributed by atoms with Gasteiger partial charge >= 0.3 is 0 Å². The number of amides is 1. The van der Waals surface area contributed by atoms with Gasteiger partial charge < -0.3 is 9.64 Å². The standard InChI is InChI=1S/C21H26N2O4S/c1-4-18(16-9-7-15(2)8-10-16)22-28(25,26)17-11-12-20(27-3)19(14-17)23-13-5-6-21(23)24/h7-12,14,18,22H,4-6,13H2,1-3H3/t18-/m0/s1. The van der Waals surface area contributed by atoms with E-state index in [4.69, 9.17) is 4.74 Å². The fourth-order valence-corrected chi connectivity index (χ4v) is 4.72. The van der Waals surface area contributed by atoms with E-state index < -0.39 is 10.0 Å². The van der Waals surface area contributed by atoms with Gasteiger partial charge in [-0.3, -0.25) is 4.79 Å². The van der Waals surface area contributed by atoms with Crippen molar-refractivity contribution < 1.29 is 17.9 Å². The lowest BCUT2D eigenvalue weighted by molar-refractivity contribution is -0.117. The maximum Gasteiger partial charge on any atom is 0.241 e. The molecule has 0 aliphatic carbocycles. The molecule has 1 amide bonds. The minimum Gasteiger partial charge on any atom is -0.495 e. The molecule has 28 heavy (non-hydrogen) atoms. The second kappa shape index (κ2) is 8.32. The van der Waals surface area contributed by atoms with Crippen molar-refractivity contribution in [2.24, 2.45) is 0 Å². The molecule has 1 fully saturated rings. The lowest BCUT2D eigenvalue weighted by atomic mass is 10.0. The van der Waals surface area contributed by atoms with Crippen LogP contribution in [0, 0.1) is 6.92 Å². The maximum atomic E-state index is 13.0. The molecule has 150 valence electrons. The molecule has 0 unspecified atom stereocenters. The zero-order valence-corrected chi connectivity index (χ0v) is 17.3. The first-order valence-electron chi connectivity index (χ1n) is 9.43. The second-order valence-corrected chi connectivity index (χ2v) is 8.69. The van der Waals surface area contributed by atoms with E-state index in [-0.39, 0.29) is 16.8 Å². The minimum atomic E-state index is -3.77. The molecule has 2 aromatic carbocycles. The number of benzene rings is 2. The van der Waals surface area contributed by atoms with Crippen molar-refractivity contribution in [2.45, 2.75) is 44.0 Å². The number of carbonyl (C=O) groups excluding carboxylic acids is 1. The Labute approximate surface area is 166 Å². The highest BCUT2D eigenvalue weighted by molar-refractivity contribution is 7.89. The first kappa shape index (κ1) is 20.4.